The van der Waals surface area contributed by atoms with Crippen LogP contribution in [-0.4, -0.2) is 41.5 Å². The van der Waals surface area contributed by atoms with Gasteiger partial charge in [-0.25, -0.2) is 0 Å². The first-order valence-corrected chi connectivity index (χ1v) is 5.55. The molecule has 0 aromatic rings. The number of hydrogen-bond acceptors (Lipinski definition) is 3. The van der Waals surface area contributed by atoms with Crippen molar-refractivity contribution in [1.82, 2.24) is 4.90 Å². The molecule has 1 unspecified atom stereocenters. The molecule has 0 aliphatic heterocycles. The summed E-state index contributed by atoms with van der Waals surface area (Å²) < 4.78 is 0. The first-order chi connectivity index (χ1) is 6.65. The maximum atomic E-state index is 11.1. The average Bonchev–Trinajstić information content (AvgIpc) is 2.49. The molecular formula is C11H19NO2. The SMILES string of the molecule is CN(CC1CC(O)C1)C1CCC(=O)C1. The van der Waals surface area contributed by atoms with Gasteiger partial charge >= 0.3 is 0 Å². The van der Waals surface area contributed by atoms with E-state index in [1.807, 2.05) is 0 Å². The van der Waals surface area contributed by atoms with Gasteiger partial charge in [0, 0.05) is 25.4 Å². The summed E-state index contributed by atoms with van der Waals surface area (Å²) in [4.78, 5) is 13.4. The summed E-state index contributed by atoms with van der Waals surface area (Å²) >= 11 is 0. The number of carbonyl (C=O) groups excluding carboxylic acids is 1. The number of rotatable bonds is 3. The molecule has 2 aliphatic rings. The van der Waals surface area contributed by atoms with E-state index in [2.05, 4.69) is 11.9 Å². The van der Waals surface area contributed by atoms with Crippen LogP contribution in [0.15, 0.2) is 0 Å². The molecule has 1 atom stereocenters. The highest BCUT2D eigenvalue weighted by Gasteiger charge is 2.31. The van der Waals surface area contributed by atoms with Crippen molar-refractivity contribution in [3.63, 3.8) is 0 Å². The second-order valence-electron chi connectivity index (χ2n) is 4.87. The zero-order valence-electron chi connectivity index (χ0n) is 8.78. The van der Waals surface area contributed by atoms with Gasteiger partial charge in [-0.15, -0.1) is 0 Å². The van der Waals surface area contributed by atoms with Crippen molar-refractivity contribution in [1.29, 1.82) is 0 Å². The highest BCUT2D eigenvalue weighted by molar-refractivity contribution is 5.81. The van der Waals surface area contributed by atoms with Gasteiger partial charge in [0.25, 0.3) is 0 Å². The fourth-order valence-corrected chi connectivity index (χ4v) is 2.58. The fourth-order valence-electron chi connectivity index (χ4n) is 2.58. The van der Waals surface area contributed by atoms with Gasteiger partial charge in [-0.3, -0.25) is 4.79 Å². The first-order valence-electron chi connectivity index (χ1n) is 5.55. The molecule has 0 heterocycles. The smallest absolute Gasteiger partial charge is 0.134 e. The van der Waals surface area contributed by atoms with E-state index in [0.717, 1.165) is 38.6 Å². The predicted octanol–water partition coefficient (Wildman–Crippen LogP) is 0.811. The lowest BCUT2D eigenvalue weighted by molar-refractivity contribution is -0.117. The molecule has 0 bridgehead atoms. The van der Waals surface area contributed by atoms with Crippen LogP contribution in [0.5, 0.6) is 0 Å². The quantitative estimate of drug-likeness (QED) is 0.728. The summed E-state index contributed by atoms with van der Waals surface area (Å²) in [5.74, 6) is 1.07. The van der Waals surface area contributed by atoms with Crippen LogP contribution in [0.2, 0.25) is 0 Å². The van der Waals surface area contributed by atoms with Gasteiger partial charge in [-0.05, 0) is 32.2 Å². The molecule has 2 rings (SSSR count). The number of aliphatic hydroxyl groups is 1. The van der Waals surface area contributed by atoms with Crippen molar-refractivity contribution in [2.24, 2.45) is 5.92 Å². The number of ketones is 1. The maximum absolute atomic E-state index is 11.1. The molecule has 80 valence electrons. The summed E-state index contributed by atoms with van der Waals surface area (Å²) in [6, 6.07) is 0.472. The van der Waals surface area contributed by atoms with Crippen molar-refractivity contribution in [2.45, 2.75) is 44.2 Å². The third-order valence-electron chi connectivity index (χ3n) is 3.60. The zero-order chi connectivity index (χ0) is 10.1. The average molecular weight is 197 g/mol. The van der Waals surface area contributed by atoms with Crippen molar-refractivity contribution >= 4 is 5.78 Å². The van der Waals surface area contributed by atoms with Crippen LogP contribution in [0.25, 0.3) is 0 Å². The third-order valence-corrected chi connectivity index (χ3v) is 3.60. The number of hydrogen-bond donors (Lipinski definition) is 1. The van der Waals surface area contributed by atoms with E-state index < -0.39 is 0 Å². The Morgan fingerprint density at radius 1 is 1.50 bits per heavy atom. The lowest BCUT2D eigenvalue weighted by Gasteiger charge is -2.36. The summed E-state index contributed by atoms with van der Waals surface area (Å²) in [5.41, 5.74) is 0. The van der Waals surface area contributed by atoms with Crippen molar-refractivity contribution < 1.29 is 9.90 Å². The van der Waals surface area contributed by atoms with E-state index in [9.17, 15) is 4.79 Å². The van der Waals surface area contributed by atoms with Crippen molar-refractivity contribution in [3.8, 4) is 0 Å². The van der Waals surface area contributed by atoms with Gasteiger partial charge in [-0.2, -0.15) is 0 Å². The van der Waals surface area contributed by atoms with Crippen molar-refractivity contribution in [3.05, 3.63) is 0 Å². The first kappa shape index (κ1) is 10.1. The molecule has 3 nitrogen and oxygen atoms in total. The van der Waals surface area contributed by atoms with E-state index in [1.54, 1.807) is 0 Å². The maximum Gasteiger partial charge on any atom is 0.134 e. The molecule has 0 radical (unpaired) electrons. The predicted molar refractivity (Wildman–Crippen MR) is 54.0 cm³/mol. The monoisotopic (exact) mass is 197 g/mol. The van der Waals surface area contributed by atoms with Crippen LogP contribution >= 0.6 is 0 Å². The summed E-state index contributed by atoms with van der Waals surface area (Å²) in [6.07, 6.45) is 4.38. The lowest BCUT2D eigenvalue weighted by Crippen LogP contribution is -2.40. The Morgan fingerprint density at radius 2 is 2.21 bits per heavy atom. The molecule has 0 spiro atoms. The standard InChI is InChI=1S/C11H19NO2/c1-12(7-8-4-11(14)5-8)9-2-3-10(13)6-9/h8-9,11,14H,2-7H2,1H3. The van der Waals surface area contributed by atoms with E-state index in [-0.39, 0.29) is 6.10 Å². The Balaban J connectivity index is 1.73. The molecular weight excluding hydrogens is 178 g/mol. The highest BCUT2D eigenvalue weighted by Crippen LogP contribution is 2.29. The van der Waals surface area contributed by atoms with Crippen LogP contribution in [0, 0.1) is 5.92 Å². The number of nitrogens with zero attached hydrogens (tertiary/aromatic N) is 1. The summed E-state index contributed by atoms with van der Waals surface area (Å²) in [6.45, 7) is 1.05. The van der Waals surface area contributed by atoms with Crippen molar-refractivity contribution in [2.75, 3.05) is 13.6 Å². The van der Waals surface area contributed by atoms with Gasteiger partial charge in [-0.1, -0.05) is 0 Å². The van der Waals surface area contributed by atoms with E-state index in [1.165, 1.54) is 0 Å². The van der Waals surface area contributed by atoms with Gasteiger partial charge in [0.15, 0.2) is 0 Å². The van der Waals surface area contributed by atoms with E-state index >= 15 is 0 Å². The molecule has 14 heavy (non-hydrogen) atoms. The lowest BCUT2D eigenvalue weighted by atomic mass is 9.82. The Bertz CT molecular complexity index is 223. The van der Waals surface area contributed by atoms with Gasteiger partial charge in [0.2, 0.25) is 0 Å². The number of aliphatic hydroxyl groups excluding tert-OH is 1. The highest BCUT2D eigenvalue weighted by atomic mass is 16.3. The summed E-state index contributed by atoms with van der Waals surface area (Å²) in [5, 5.41) is 9.17. The molecule has 2 fully saturated rings. The molecule has 2 aliphatic carbocycles. The minimum Gasteiger partial charge on any atom is -0.393 e. The molecule has 0 amide bonds. The van der Waals surface area contributed by atoms with E-state index in [4.69, 9.17) is 5.11 Å². The van der Waals surface area contributed by atoms with Crippen LogP contribution in [0.3, 0.4) is 0 Å². The van der Waals surface area contributed by atoms with E-state index in [0.29, 0.717) is 17.7 Å². The minimum absolute atomic E-state index is 0.0568. The molecule has 0 aromatic heterocycles. The molecule has 2 saturated carbocycles. The number of carbonyl (C=O) groups is 1. The van der Waals surface area contributed by atoms with Crippen LogP contribution in [-0.2, 0) is 4.79 Å². The third kappa shape index (κ3) is 2.15. The van der Waals surface area contributed by atoms with Gasteiger partial charge < -0.3 is 10.0 Å². The Kier molecular flexibility index (Phi) is 2.88. The van der Waals surface area contributed by atoms with Gasteiger partial charge in [0.05, 0.1) is 6.10 Å². The van der Waals surface area contributed by atoms with Gasteiger partial charge in [0.1, 0.15) is 5.78 Å². The second kappa shape index (κ2) is 3.99. The topological polar surface area (TPSA) is 40.5 Å². The largest absolute Gasteiger partial charge is 0.393 e. The second-order valence-corrected chi connectivity index (χ2v) is 4.87. The zero-order valence-corrected chi connectivity index (χ0v) is 8.78. The Morgan fingerprint density at radius 3 is 2.71 bits per heavy atom. The normalized spacial score (nSPS) is 37.6. The van der Waals surface area contributed by atoms with Crippen LogP contribution < -0.4 is 0 Å². The fraction of sp³-hybridized carbons (Fsp3) is 0.909. The summed E-state index contributed by atoms with van der Waals surface area (Å²) in [7, 11) is 2.11. The molecule has 0 saturated heterocycles. The molecule has 3 heteroatoms. The Labute approximate surface area is 85.1 Å². The van der Waals surface area contributed by atoms with Crippen LogP contribution in [0.4, 0.5) is 0 Å². The minimum atomic E-state index is -0.0568. The molecule has 1 N–H and O–H groups in total. The Hall–Kier alpha value is -0.410. The molecule has 0 aromatic carbocycles. The van der Waals surface area contributed by atoms with Crippen LogP contribution in [0.1, 0.15) is 32.1 Å². The number of Topliss-reactive ketones (excluding diaryl/α,β-unsaturated/α-hetero) is 1.